The second-order valence-electron chi connectivity index (χ2n) is 6.42. The molecule has 130 valence electrons. The first-order valence-corrected chi connectivity index (χ1v) is 9.37. The molecule has 1 aliphatic carbocycles. The van der Waals surface area contributed by atoms with E-state index >= 15 is 0 Å². The Balaban J connectivity index is 1.59. The summed E-state index contributed by atoms with van der Waals surface area (Å²) in [6.07, 6.45) is 3.12. The quantitative estimate of drug-likeness (QED) is 0.750. The van der Waals surface area contributed by atoms with Crippen molar-refractivity contribution >= 4 is 33.2 Å². The second kappa shape index (κ2) is 6.52. The number of fused-ring (bicyclic) bond motifs is 3. The fourth-order valence-electron chi connectivity index (χ4n) is 3.39. The lowest BCUT2D eigenvalue weighted by atomic mass is 10.2. The van der Waals surface area contributed by atoms with Crippen LogP contribution in [0.15, 0.2) is 23.0 Å². The SMILES string of the molecule is CN(Cc1nc2sc3c(c2c(=O)[nH]1)CCC3)Cc1c(F)cccc1Cl. The van der Waals surface area contributed by atoms with E-state index in [4.69, 9.17) is 11.6 Å². The highest BCUT2D eigenvalue weighted by molar-refractivity contribution is 7.18. The molecular weight excluding hydrogens is 361 g/mol. The molecule has 4 rings (SSSR count). The molecule has 1 aliphatic rings. The molecule has 0 saturated carbocycles. The highest BCUT2D eigenvalue weighted by atomic mass is 35.5. The van der Waals surface area contributed by atoms with Crippen LogP contribution in [0.4, 0.5) is 4.39 Å². The lowest BCUT2D eigenvalue weighted by molar-refractivity contribution is 0.305. The van der Waals surface area contributed by atoms with Gasteiger partial charge in [0.2, 0.25) is 0 Å². The van der Waals surface area contributed by atoms with E-state index in [-0.39, 0.29) is 11.4 Å². The zero-order chi connectivity index (χ0) is 17.6. The van der Waals surface area contributed by atoms with Crippen LogP contribution in [0.3, 0.4) is 0 Å². The molecule has 0 bridgehead atoms. The van der Waals surface area contributed by atoms with Gasteiger partial charge in [-0.1, -0.05) is 17.7 Å². The van der Waals surface area contributed by atoms with E-state index in [9.17, 15) is 9.18 Å². The molecule has 0 aliphatic heterocycles. The number of benzene rings is 1. The standard InChI is InChI=1S/C18H17ClFN3OS/c1-23(8-11-12(19)5-3-6-13(11)20)9-15-21-17(24)16-10-4-2-7-14(10)25-18(16)22-15/h3,5-6H,2,4,7-9H2,1H3,(H,21,22,24). The molecule has 3 aromatic rings. The third kappa shape index (κ3) is 3.10. The molecule has 25 heavy (non-hydrogen) atoms. The number of aromatic nitrogens is 2. The van der Waals surface area contributed by atoms with Gasteiger partial charge in [-0.25, -0.2) is 9.37 Å². The van der Waals surface area contributed by atoms with Crippen LogP contribution in [0.1, 0.15) is 28.2 Å². The number of nitrogens with one attached hydrogen (secondary N) is 1. The Morgan fingerprint density at radius 3 is 3.00 bits per heavy atom. The fourth-order valence-corrected chi connectivity index (χ4v) is 4.89. The first-order valence-electron chi connectivity index (χ1n) is 8.18. The Morgan fingerprint density at radius 1 is 1.36 bits per heavy atom. The highest BCUT2D eigenvalue weighted by Crippen LogP contribution is 2.34. The average molecular weight is 378 g/mol. The van der Waals surface area contributed by atoms with Crippen molar-refractivity contribution in [2.24, 2.45) is 0 Å². The normalized spacial score (nSPS) is 13.8. The van der Waals surface area contributed by atoms with Crippen molar-refractivity contribution in [3.8, 4) is 0 Å². The first kappa shape index (κ1) is 16.7. The molecule has 7 heteroatoms. The molecule has 0 unspecified atom stereocenters. The van der Waals surface area contributed by atoms with Gasteiger partial charge < -0.3 is 4.98 Å². The largest absolute Gasteiger partial charge is 0.309 e. The maximum absolute atomic E-state index is 13.9. The number of halogens is 2. The molecule has 0 radical (unpaired) electrons. The van der Waals surface area contributed by atoms with E-state index < -0.39 is 0 Å². The van der Waals surface area contributed by atoms with E-state index in [1.807, 2.05) is 11.9 Å². The summed E-state index contributed by atoms with van der Waals surface area (Å²) in [6, 6.07) is 4.66. The summed E-state index contributed by atoms with van der Waals surface area (Å²) in [6.45, 7) is 0.757. The van der Waals surface area contributed by atoms with E-state index in [0.29, 0.717) is 29.5 Å². The number of rotatable bonds is 4. The van der Waals surface area contributed by atoms with Crippen LogP contribution in [0.5, 0.6) is 0 Å². The van der Waals surface area contributed by atoms with Crippen molar-refractivity contribution in [3.05, 3.63) is 61.2 Å². The number of H-pyrrole nitrogens is 1. The molecule has 0 spiro atoms. The predicted octanol–water partition coefficient (Wildman–Crippen LogP) is 3.90. The molecular formula is C18H17ClFN3OS. The number of hydrogen-bond acceptors (Lipinski definition) is 4. The van der Waals surface area contributed by atoms with Crippen molar-refractivity contribution < 1.29 is 4.39 Å². The Labute approximate surface area is 153 Å². The molecule has 0 saturated heterocycles. The van der Waals surface area contributed by atoms with Gasteiger partial charge in [0.15, 0.2) is 0 Å². The summed E-state index contributed by atoms with van der Waals surface area (Å²) in [4.78, 5) is 24.0. The van der Waals surface area contributed by atoms with E-state index in [1.165, 1.54) is 16.5 Å². The molecule has 0 atom stereocenters. The molecule has 2 heterocycles. The fraction of sp³-hybridized carbons (Fsp3) is 0.333. The van der Waals surface area contributed by atoms with Crippen LogP contribution >= 0.6 is 22.9 Å². The number of aryl methyl sites for hydroxylation is 2. The van der Waals surface area contributed by atoms with Gasteiger partial charge in [0.05, 0.1) is 11.9 Å². The maximum atomic E-state index is 13.9. The van der Waals surface area contributed by atoms with Gasteiger partial charge in [0.25, 0.3) is 5.56 Å². The molecule has 0 amide bonds. The van der Waals surface area contributed by atoms with Crippen molar-refractivity contribution in [3.63, 3.8) is 0 Å². The predicted molar refractivity (Wildman–Crippen MR) is 98.8 cm³/mol. The minimum Gasteiger partial charge on any atom is -0.309 e. The summed E-state index contributed by atoms with van der Waals surface area (Å²) >= 11 is 7.70. The zero-order valence-corrected chi connectivity index (χ0v) is 15.3. The minimum absolute atomic E-state index is 0.0725. The van der Waals surface area contributed by atoms with Crippen LogP contribution in [0.25, 0.3) is 10.2 Å². The van der Waals surface area contributed by atoms with Gasteiger partial charge >= 0.3 is 0 Å². The van der Waals surface area contributed by atoms with E-state index in [0.717, 1.165) is 29.5 Å². The summed E-state index contributed by atoms with van der Waals surface area (Å²) in [7, 11) is 1.85. The van der Waals surface area contributed by atoms with Crippen LogP contribution in [-0.2, 0) is 25.9 Å². The first-order chi connectivity index (χ1) is 12.0. The summed E-state index contributed by atoms with van der Waals surface area (Å²) < 4.78 is 13.9. The smallest absolute Gasteiger partial charge is 0.259 e. The molecule has 2 aromatic heterocycles. The van der Waals surface area contributed by atoms with Gasteiger partial charge in [0.1, 0.15) is 16.5 Å². The Kier molecular flexibility index (Phi) is 4.35. The topological polar surface area (TPSA) is 49.0 Å². The minimum atomic E-state index is -0.328. The Morgan fingerprint density at radius 2 is 2.20 bits per heavy atom. The number of nitrogens with zero attached hydrogens (tertiary/aromatic N) is 2. The van der Waals surface area contributed by atoms with Crippen molar-refractivity contribution in [2.45, 2.75) is 32.4 Å². The molecule has 4 nitrogen and oxygen atoms in total. The maximum Gasteiger partial charge on any atom is 0.259 e. The summed E-state index contributed by atoms with van der Waals surface area (Å²) in [5, 5.41) is 1.15. The molecule has 1 N–H and O–H groups in total. The Bertz CT molecular complexity index is 993. The Hall–Kier alpha value is -1.76. The third-order valence-corrected chi connectivity index (χ3v) is 6.07. The average Bonchev–Trinajstić information content (AvgIpc) is 3.11. The van der Waals surface area contributed by atoms with Crippen molar-refractivity contribution in [2.75, 3.05) is 7.05 Å². The van der Waals surface area contributed by atoms with Crippen molar-refractivity contribution in [1.82, 2.24) is 14.9 Å². The van der Waals surface area contributed by atoms with Gasteiger partial charge in [-0.2, -0.15) is 0 Å². The van der Waals surface area contributed by atoms with Crippen molar-refractivity contribution in [1.29, 1.82) is 0 Å². The second-order valence-corrected chi connectivity index (χ2v) is 7.91. The highest BCUT2D eigenvalue weighted by Gasteiger charge is 2.21. The number of hydrogen-bond donors (Lipinski definition) is 1. The summed E-state index contributed by atoms with van der Waals surface area (Å²) in [5.41, 5.74) is 1.55. The van der Waals surface area contributed by atoms with Crippen LogP contribution in [-0.4, -0.2) is 21.9 Å². The van der Waals surface area contributed by atoms with Gasteiger partial charge in [0, 0.05) is 22.0 Å². The lowest BCUT2D eigenvalue weighted by Crippen LogP contribution is -2.22. The van der Waals surface area contributed by atoms with E-state index in [2.05, 4.69) is 9.97 Å². The van der Waals surface area contributed by atoms with Crippen LogP contribution in [0, 0.1) is 5.82 Å². The number of aromatic amines is 1. The third-order valence-electron chi connectivity index (χ3n) is 4.53. The van der Waals surface area contributed by atoms with Gasteiger partial charge in [-0.05, 0) is 44.0 Å². The van der Waals surface area contributed by atoms with Gasteiger partial charge in [-0.3, -0.25) is 9.69 Å². The van der Waals surface area contributed by atoms with Crippen LogP contribution in [0.2, 0.25) is 5.02 Å². The molecule has 0 fully saturated rings. The lowest BCUT2D eigenvalue weighted by Gasteiger charge is -2.17. The number of thiophene rings is 1. The molecule has 1 aromatic carbocycles. The monoisotopic (exact) mass is 377 g/mol. The van der Waals surface area contributed by atoms with Crippen LogP contribution < -0.4 is 5.56 Å². The summed E-state index contributed by atoms with van der Waals surface area (Å²) in [5.74, 6) is 0.262. The van der Waals surface area contributed by atoms with E-state index in [1.54, 1.807) is 23.5 Å². The zero-order valence-electron chi connectivity index (χ0n) is 13.7. The van der Waals surface area contributed by atoms with Gasteiger partial charge in [-0.15, -0.1) is 11.3 Å².